The molecule has 1 unspecified atom stereocenters. The van der Waals surface area contributed by atoms with Gasteiger partial charge in [0.25, 0.3) is 16.9 Å². The van der Waals surface area contributed by atoms with Crippen molar-refractivity contribution in [2.24, 2.45) is 11.8 Å². The van der Waals surface area contributed by atoms with Gasteiger partial charge in [0.2, 0.25) is 0 Å². The molecule has 2 bridgehead atoms. The van der Waals surface area contributed by atoms with Crippen LogP contribution >= 0.6 is 11.6 Å². The van der Waals surface area contributed by atoms with Crippen LogP contribution in [0.4, 0.5) is 13.2 Å². The van der Waals surface area contributed by atoms with E-state index in [4.69, 9.17) is 16.3 Å². The smallest absolute Gasteiger partial charge is 0.416 e. The summed E-state index contributed by atoms with van der Waals surface area (Å²) in [6.45, 7) is 0. The molecule has 1 heterocycles. The molecular weight excluding hydrogens is 485 g/mol. The van der Waals surface area contributed by atoms with Crippen molar-refractivity contribution < 1.29 is 32.3 Å². The Balaban J connectivity index is 1.17. The Labute approximate surface area is 204 Å². The Kier molecular flexibility index (Phi) is 5.78. The lowest BCUT2D eigenvalue weighted by molar-refractivity contribution is -0.137. The van der Waals surface area contributed by atoms with E-state index in [1.165, 1.54) is 0 Å². The van der Waals surface area contributed by atoms with E-state index in [0.29, 0.717) is 18.4 Å². The molecule has 2 saturated carbocycles. The zero-order valence-corrected chi connectivity index (χ0v) is 19.2. The Morgan fingerprint density at radius 3 is 2.20 bits per heavy atom. The number of nitrogens with one attached hydrogen (secondary N) is 2. The van der Waals surface area contributed by atoms with Crippen LogP contribution in [0.1, 0.15) is 52.0 Å². The molecule has 184 valence electrons. The third-order valence-electron chi connectivity index (χ3n) is 7.15. The minimum Gasteiger partial charge on any atom is -0.461 e. The number of fused-ring (bicyclic) bond motifs is 3. The summed E-state index contributed by atoms with van der Waals surface area (Å²) in [5.41, 5.74) is -0.256. The molecule has 6 nitrogen and oxygen atoms in total. The number of halogens is 4. The Hall–Kier alpha value is -3.07. The van der Waals surface area contributed by atoms with Crippen LogP contribution in [0.3, 0.4) is 0 Å². The van der Waals surface area contributed by atoms with Crippen molar-refractivity contribution in [2.45, 2.75) is 49.0 Å². The second-order valence-electron chi connectivity index (χ2n) is 9.39. The molecule has 2 aromatic rings. The number of alkyl halides is 4. The zero-order valence-electron chi connectivity index (χ0n) is 18.4. The molecule has 10 heteroatoms. The van der Waals surface area contributed by atoms with Gasteiger partial charge in [-0.15, -0.1) is 0 Å². The molecule has 2 aromatic carbocycles. The summed E-state index contributed by atoms with van der Waals surface area (Å²) >= 11 is 6.45. The first-order chi connectivity index (χ1) is 16.5. The summed E-state index contributed by atoms with van der Waals surface area (Å²) in [4.78, 5) is 38.0. The van der Waals surface area contributed by atoms with Crippen molar-refractivity contribution in [3.8, 4) is 5.75 Å². The van der Waals surface area contributed by atoms with Crippen molar-refractivity contribution in [3.05, 3.63) is 65.2 Å². The zero-order chi connectivity index (χ0) is 25.0. The lowest BCUT2D eigenvalue weighted by Gasteiger charge is -2.34. The van der Waals surface area contributed by atoms with E-state index in [0.717, 1.165) is 30.7 Å². The van der Waals surface area contributed by atoms with Gasteiger partial charge in [0.1, 0.15) is 5.75 Å². The van der Waals surface area contributed by atoms with E-state index in [-0.39, 0.29) is 47.4 Å². The molecule has 2 N–H and O–H groups in total. The predicted molar refractivity (Wildman–Crippen MR) is 120 cm³/mol. The topological polar surface area (TPSA) is 84.5 Å². The standard InChI is InChI=1S/C25H22ClF3N2O4/c26-24(12-20(32)17-3-1-2-4-21(17)35-24)23(34)31-19-11-14-9-15(19)10-18(14)30-22(33)13-5-7-16(8-6-13)25(27,28)29/h1-8,14-15,18-19H,9-12H2,(H,30,33)(H,31,34)/t14-,15-,18+,19+,24?/m1/s1. The van der Waals surface area contributed by atoms with E-state index in [9.17, 15) is 27.6 Å². The van der Waals surface area contributed by atoms with Gasteiger partial charge in [-0.2, -0.15) is 13.2 Å². The number of carbonyl (C=O) groups excluding carboxylic acids is 3. The van der Waals surface area contributed by atoms with Crippen LogP contribution in [0, 0.1) is 11.8 Å². The minimum absolute atomic E-state index is 0.105. The van der Waals surface area contributed by atoms with Crippen LogP contribution in [0.25, 0.3) is 0 Å². The molecule has 0 saturated heterocycles. The molecule has 1 aliphatic heterocycles. The summed E-state index contributed by atoms with van der Waals surface area (Å²) in [5, 5.41) is 4.03. The number of Topliss-reactive ketones (excluding diaryl/α,β-unsaturated/α-hetero) is 1. The number of rotatable bonds is 4. The first kappa shape index (κ1) is 23.7. The first-order valence-corrected chi connectivity index (χ1v) is 11.7. The van der Waals surface area contributed by atoms with Crippen LogP contribution < -0.4 is 15.4 Å². The monoisotopic (exact) mass is 506 g/mol. The van der Waals surface area contributed by atoms with Crippen molar-refractivity contribution in [1.82, 2.24) is 10.6 Å². The molecule has 35 heavy (non-hydrogen) atoms. The molecule has 0 aromatic heterocycles. The molecule has 3 aliphatic rings. The molecule has 2 fully saturated rings. The van der Waals surface area contributed by atoms with Gasteiger partial charge in [-0.05, 0) is 67.5 Å². The maximum Gasteiger partial charge on any atom is 0.416 e. The summed E-state index contributed by atoms with van der Waals surface area (Å²) in [7, 11) is 0. The van der Waals surface area contributed by atoms with Crippen LogP contribution in [0.5, 0.6) is 5.75 Å². The fraction of sp³-hybridized carbons (Fsp3) is 0.400. The molecule has 0 spiro atoms. The number of hydrogen-bond acceptors (Lipinski definition) is 4. The second-order valence-corrected chi connectivity index (χ2v) is 10.00. The second kappa shape index (κ2) is 8.55. The van der Waals surface area contributed by atoms with Gasteiger partial charge in [0.05, 0.1) is 17.5 Å². The van der Waals surface area contributed by atoms with Crippen molar-refractivity contribution >= 4 is 29.2 Å². The fourth-order valence-corrected chi connectivity index (χ4v) is 5.65. The maximum absolute atomic E-state index is 13.0. The Morgan fingerprint density at radius 2 is 1.57 bits per heavy atom. The molecular formula is C25H22ClF3N2O4. The van der Waals surface area contributed by atoms with E-state index in [1.807, 2.05) is 0 Å². The minimum atomic E-state index is -4.46. The number of benzene rings is 2. The van der Waals surface area contributed by atoms with Crippen molar-refractivity contribution in [2.75, 3.05) is 0 Å². The number of carbonyl (C=O) groups is 3. The number of amides is 2. The third-order valence-corrected chi connectivity index (χ3v) is 7.53. The number of hydrogen-bond donors (Lipinski definition) is 2. The van der Waals surface area contributed by atoms with Gasteiger partial charge in [-0.25, -0.2) is 0 Å². The van der Waals surface area contributed by atoms with E-state index < -0.39 is 28.6 Å². The van der Waals surface area contributed by atoms with Gasteiger partial charge in [-0.1, -0.05) is 23.7 Å². The highest BCUT2D eigenvalue weighted by Crippen LogP contribution is 2.45. The highest BCUT2D eigenvalue weighted by atomic mass is 35.5. The number of ketones is 1. The highest BCUT2D eigenvalue weighted by molar-refractivity contribution is 6.36. The lowest BCUT2D eigenvalue weighted by atomic mass is 9.90. The highest BCUT2D eigenvalue weighted by Gasteiger charge is 2.51. The molecule has 5 atom stereocenters. The fourth-order valence-electron chi connectivity index (χ4n) is 5.39. The lowest BCUT2D eigenvalue weighted by Crippen LogP contribution is -2.54. The Morgan fingerprint density at radius 1 is 0.943 bits per heavy atom. The summed E-state index contributed by atoms with van der Waals surface area (Å²) in [6, 6.07) is 10.4. The van der Waals surface area contributed by atoms with E-state index in [1.54, 1.807) is 24.3 Å². The molecule has 2 amide bonds. The average Bonchev–Trinajstić information content (AvgIpc) is 3.38. The van der Waals surface area contributed by atoms with Gasteiger partial charge in [0, 0.05) is 17.6 Å². The molecule has 0 radical (unpaired) electrons. The van der Waals surface area contributed by atoms with Crippen molar-refractivity contribution in [1.29, 1.82) is 0 Å². The first-order valence-electron chi connectivity index (χ1n) is 11.3. The summed E-state index contributed by atoms with van der Waals surface area (Å²) < 4.78 is 43.9. The number of para-hydroxylation sites is 1. The quantitative estimate of drug-likeness (QED) is 0.605. The van der Waals surface area contributed by atoms with E-state index in [2.05, 4.69) is 10.6 Å². The number of ether oxygens (including phenoxy) is 1. The maximum atomic E-state index is 13.0. The Bertz CT molecular complexity index is 1190. The average molecular weight is 507 g/mol. The van der Waals surface area contributed by atoms with Crippen molar-refractivity contribution in [3.63, 3.8) is 0 Å². The molecule has 2 aliphatic carbocycles. The van der Waals surface area contributed by atoms with Crippen LogP contribution in [-0.2, 0) is 11.0 Å². The van der Waals surface area contributed by atoms with Crippen LogP contribution in [-0.4, -0.2) is 34.7 Å². The molecule has 5 rings (SSSR count). The predicted octanol–water partition coefficient (Wildman–Crippen LogP) is 4.32. The van der Waals surface area contributed by atoms with Crippen LogP contribution in [0.15, 0.2) is 48.5 Å². The van der Waals surface area contributed by atoms with Gasteiger partial charge < -0.3 is 15.4 Å². The van der Waals surface area contributed by atoms with Gasteiger partial charge in [-0.3, -0.25) is 14.4 Å². The van der Waals surface area contributed by atoms with Crippen LogP contribution in [0.2, 0.25) is 0 Å². The summed E-state index contributed by atoms with van der Waals surface area (Å²) in [5.74, 6) is -0.767. The normalized spacial score (nSPS) is 29.3. The SMILES string of the molecule is O=C(N[C@H]1C[C@H]2C[C@@H]1C[C@@H]2NC(=O)C1(Cl)CC(=O)c2ccccc2O1)c1ccc(C(F)(F)F)cc1. The van der Waals surface area contributed by atoms with Gasteiger partial charge in [0.15, 0.2) is 5.78 Å². The summed E-state index contributed by atoms with van der Waals surface area (Å²) in [6.07, 6.45) is -2.70. The third kappa shape index (κ3) is 4.49. The van der Waals surface area contributed by atoms with E-state index >= 15 is 0 Å². The largest absolute Gasteiger partial charge is 0.461 e. The van der Waals surface area contributed by atoms with Gasteiger partial charge >= 0.3 is 6.18 Å².